The number of rotatable bonds is 1. The van der Waals surface area contributed by atoms with Crippen LogP contribution in [-0.4, -0.2) is 12.0 Å². The fourth-order valence-corrected chi connectivity index (χ4v) is 8.22. The first-order valence-electron chi connectivity index (χ1n) is 10.1. The van der Waals surface area contributed by atoms with Gasteiger partial charge in [-0.15, -0.1) is 0 Å². The third-order valence-electron chi connectivity index (χ3n) is 9.82. The number of carbonyl (C=O) groups excluding carboxylic acids is 1. The molecule has 8 atom stereocenters. The molecule has 0 unspecified atom stereocenters. The summed E-state index contributed by atoms with van der Waals surface area (Å²) in [6, 6.07) is 0. The van der Waals surface area contributed by atoms with Gasteiger partial charge in [-0.3, -0.25) is 4.79 Å². The summed E-state index contributed by atoms with van der Waals surface area (Å²) in [5.74, 6) is 4.45. The molecule has 0 aromatic carbocycles. The van der Waals surface area contributed by atoms with E-state index in [4.69, 9.17) is 5.41 Å². The fraction of sp³-hybridized carbons (Fsp3) is 0.818. The number of hydrogen-bond acceptors (Lipinski definition) is 2. The van der Waals surface area contributed by atoms with Crippen LogP contribution in [0.15, 0.2) is 11.6 Å². The van der Waals surface area contributed by atoms with E-state index in [0.717, 1.165) is 48.9 Å². The number of ketones is 1. The first kappa shape index (κ1) is 15.3. The molecular weight excluding hydrogens is 294 g/mol. The molecule has 0 aromatic heterocycles. The molecule has 0 bridgehead atoms. The molecule has 0 radical (unpaired) electrons. The summed E-state index contributed by atoms with van der Waals surface area (Å²) in [4.78, 5) is 11.9. The third-order valence-corrected chi connectivity index (χ3v) is 9.82. The van der Waals surface area contributed by atoms with Gasteiger partial charge in [0.1, 0.15) is 0 Å². The van der Waals surface area contributed by atoms with Crippen LogP contribution in [0.3, 0.4) is 0 Å². The molecule has 4 fully saturated rings. The number of hydrogen-bond donors (Lipinski definition) is 1. The lowest BCUT2D eigenvalue weighted by Crippen LogP contribution is -2.54. The predicted octanol–water partition coefficient (Wildman–Crippen LogP) is 5.03. The molecule has 24 heavy (non-hydrogen) atoms. The summed E-state index contributed by atoms with van der Waals surface area (Å²) in [6.07, 6.45) is 12.1. The molecule has 4 saturated carbocycles. The second-order valence-corrected chi connectivity index (χ2v) is 10.3. The van der Waals surface area contributed by atoms with Gasteiger partial charge in [0, 0.05) is 18.1 Å². The number of allylic oxidation sites excluding steroid dienone is 1. The highest BCUT2D eigenvalue weighted by Crippen LogP contribution is 2.79. The fourth-order valence-electron chi connectivity index (χ4n) is 8.22. The predicted molar refractivity (Wildman–Crippen MR) is 96.0 cm³/mol. The Morgan fingerprint density at radius 1 is 1.08 bits per heavy atom. The third kappa shape index (κ3) is 1.55. The molecule has 0 saturated heterocycles. The van der Waals surface area contributed by atoms with Gasteiger partial charge in [0.15, 0.2) is 5.78 Å². The van der Waals surface area contributed by atoms with Crippen molar-refractivity contribution in [2.24, 2.45) is 45.8 Å². The zero-order valence-corrected chi connectivity index (χ0v) is 15.4. The van der Waals surface area contributed by atoms with E-state index >= 15 is 0 Å². The molecule has 0 amide bonds. The molecule has 5 aliphatic carbocycles. The first-order valence-corrected chi connectivity index (χ1v) is 10.1. The van der Waals surface area contributed by atoms with E-state index in [9.17, 15) is 4.79 Å². The van der Waals surface area contributed by atoms with Crippen molar-refractivity contribution in [1.29, 1.82) is 5.41 Å². The standard InChI is InChI=1S/C22H31NO/c1-20-8-6-14(24)10-13(20)4-5-15-17(20)7-9-21(2)19(15)16-11-18(16)22(21,3)12-23/h10,12,15-19,23H,4-9,11H2,1-3H3/t15-,16-,17+,18+,19-,20+,21+,22+/m1/s1. The van der Waals surface area contributed by atoms with Gasteiger partial charge >= 0.3 is 0 Å². The maximum absolute atomic E-state index is 11.9. The van der Waals surface area contributed by atoms with Crippen LogP contribution >= 0.6 is 0 Å². The Kier molecular flexibility index (Phi) is 2.83. The average Bonchev–Trinajstić information content (AvgIpc) is 3.31. The van der Waals surface area contributed by atoms with Crippen molar-refractivity contribution < 1.29 is 4.79 Å². The monoisotopic (exact) mass is 325 g/mol. The van der Waals surface area contributed by atoms with Gasteiger partial charge in [0.25, 0.3) is 0 Å². The van der Waals surface area contributed by atoms with Gasteiger partial charge in [-0.1, -0.05) is 26.3 Å². The van der Waals surface area contributed by atoms with Gasteiger partial charge in [-0.05, 0) is 85.0 Å². The van der Waals surface area contributed by atoms with Crippen molar-refractivity contribution in [2.45, 2.75) is 65.7 Å². The smallest absolute Gasteiger partial charge is 0.155 e. The molecule has 5 aliphatic rings. The second kappa shape index (κ2) is 4.43. The summed E-state index contributed by atoms with van der Waals surface area (Å²) in [5, 5.41) is 8.17. The minimum absolute atomic E-state index is 0.132. The first-order chi connectivity index (χ1) is 11.3. The topological polar surface area (TPSA) is 40.9 Å². The number of fused-ring (bicyclic) bond motifs is 7. The van der Waals surface area contributed by atoms with Crippen molar-refractivity contribution in [1.82, 2.24) is 0 Å². The Morgan fingerprint density at radius 3 is 2.62 bits per heavy atom. The number of nitrogens with one attached hydrogen (secondary N) is 1. The highest BCUT2D eigenvalue weighted by Gasteiger charge is 2.74. The quantitative estimate of drug-likeness (QED) is 0.675. The molecular formula is C22H31NO. The maximum Gasteiger partial charge on any atom is 0.155 e. The highest BCUT2D eigenvalue weighted by atomic mass is 16.1. The van der Waals surface area contributed by atoms with E-state index in [2.05, 4.69) is 20.8 Å². The summed E-state index contributed by atoms with van der Waals surface area (Å²) in [5.41, 5.74) is 2.23. The van der Waals surface area contributed by atoms with Crippen LogP contribution in [-0.2, 0) is 4.79 Å². The van der Waals surface area contributed by atoms with E-state index in [1.54, 1.807) is 0 Å². The summed E-state index contributed by atoms with van der Waals surface area (Å²) in [7, 11) is 0. The molecule has 130 valence electrons. The Hall–Kier alpha value is -0.920. The lowest BCUT2D eigenvalue weighted by Gasteiger charge is -2.60. The Balaban J connectivity index is 1.55. The maximum atomic E-state index is 11.9. The normalized spacial score (nSPS) is 58.0. The largest absolute Gasteiger partial charge is 0.313 e. The minimum Gasteiger partial charge on any atom is -0.313 e. The minimum atomic E-state index is 0.132. The van der Waals surface area contributed by atoms with Gasteiger partial charge in [-0.2, -0.15) is 0 Å². The van der Waals surface area contributed by atoms with Crippen LogP contribution in [0.2, 0.25) is 0 Å². The lowest BCUT2D eigenvalue weighted by molar-refractivity contribution is -0.118. The summed E-state index contributed by atoms with van der Waals surface area (Å²) < 4.78 is 0. The van der Waals surface area contributed by atoms with E-state index < -0.39 is 0 Å². The molecule has 1 N–H and O–H groups in total. The van der Waals surface area contributed by atoms with E-state index in [0.29, 0.717) is 11.2 Å². The van der Waals surface area contributed by atoms with Gasteiger partial charge in [-0.25, -0.2) is 0 Å². The van der Waals surface area contributed by atoms with Gasteiger partial charge in [0.2, 0.25) is 0 Å². The SMILES string of the molecule is C[C@]12CCC(=O)C=C1CC[C@H]1[C@@H]3[C@@H]4C[C@@H]4[C@](C)(C=N)[C@@]3(C)CC[C@@H]12. The molecule has 2 heteroatoms. The van der Waals surface area contributed by atoms with E-state index in [1.807, 2.05) is 12.3 Å². The zero-order chi connectivity index (χ0) is 16.9. The molecule has 5 rings (SSSR count). The van der Waals surface area contributed by atoms with Crippen molar-refractivity contribution in [3.05, 3.63) is 11.6 Å². The van der Waals surface area contributed by atoms with Crippen LogP contribution in [0.4, 0.5) is 0 Å². The van der Waals surface area contributed by atoms with Crippen LogP contribution < -0.4 is 0 Å². The summed E-state index contributed by atoms with van der Waals surface area (Å²) >= 11 is 0. The second-order valence-electron chi connectivity index (χ2n) is 10.3. The highest BCUT2D eigenvalue weighted by molar-refractivity contribution is 5.91. The van der Waals surface area contributed by atoms with Gasteiger partial charge < -0.3 is 5.41 Å². The van der Waals surface area contributed by atoms with Crippen LogP contribution in [0.5, 0.6) is 0 Å². The van der Waals surface area contributed by atoms with Crippen molar-refractivity contribution in [3.8, 4) is 0 Å². The van der Waals surface area contributed by atoms with Crippen molar-refractivity contribution in [3.63, 3.8) is 0 Å². The molecule has 2 nitrogen and oxygen atoms in total. The Labute approximate surface area is 146 Å². The van der Waals surface area contributed by atoms with Crippen molar-refractivity contribution >= 4 is 12.0 Å². The zero-order valence-electron chi connectivity index (χ0n) is 15.4. The van der Waals surface area contributed by atoms with E-state index in [1.165, 1.54) is 31.3 Å². The number of carbonyl (C=O) groups is 1. The average molecular weight is 325 g/mol. The molecule has 0 aliphatic heterocycles. The van der Waals surface area contributed by atoms with Crippen LogP contribution in [0, 0.1) is 51.2 Å². The summed E-state index contributed by atoms with van der Waals surface area (Å²) in [6.45, 7) is 7.38. The van der Waals surface area contributed by atoms with Gasteiger partial charge in [0.05, 0.1) is 0 Å². The van der Waals surface area contributed by atoms with E-state index in [-0.39, 0.29) is 10.8 Å². The Bertz CT molecular complexity index is 665. The van der Waals surface area contributed by atoms with Crippen molar-refractivity contribution in [2.75, 3.05) is 0 Å². The van der Waals surface area contributed by atoms with Crippen LogP contribution in [0.25, 0.3) is 0 Å². The van der Waals surface area contributed by atoms with Crippen LogP contribution in [0.1, 0.15) is 65.7 Å². The lowest BCUT2D eigenvalue weighted by atomic mass is 9.44. The Morgan fingerprint density at radius 2 is 1.88 bits per heavy atom. The molecule has 0 heterocycles. The molecule has 0 aromatic rings. The molecule has 0 spiro atoms.